The van der Waals surface area contributed by atoms with Gasteiger partial charge in [0.05, 0.1) is 11.4 Å². The maximum Gasteiger partial charge on any atom is 0.321 e. The number of rotatable bonds is 5. The van der Waals surface area contributed by atoms with Crippen molar-refractivity contribution in [2.75, 3.05) is 43.1 Å². The summed E-state index contributed by atoms with van der Waals surface area (Å²) >= 11 is 0. The topological polar surface area (TPSA) is 113 Å². The fourth-order valence-corrected chi connectivity index (χ4v) is 6.70. The molecule has 45 heavy (non-hydrogen) atoms. The van der Waals surface area contributed by atoms with Crippen molar-refractivity contribution in [1.29, 1.82) is 0 Å². The van der Waals surface area contributed by atoms with Crippen molar-refractivity contribution in [2.24, 2.45) is 16.8 Å². The molecule has 0 radical (unpaired) electrons. The first-order valence-electron chi connectivity index (χ1n) is 15.4. The van der Waals surface area contributed by atoms with Gasteiger partial charge in [-0.2, -0.15) is 0 Å². The standard InChI is InChI=1S/C34H34FN5O5/c35-26-7-3-1-5-24(26)31-25-6-2-4-8-27(25)40(20-30(41)39-18-21-9-10-22(19-39)12-11-21)33(42)32(37-31)38-34(43)36-23-13-14-28-29(17-23)45-16-15-44-28/h1-8,13-14,17,21-22,32H,9-12,15-16,18-20H2,(H2,36,38,43). The largest absolute Gasteiger partial charge is 0.486 e. The zero-order valence-electron chi connectivity index (χ0n) is 24.7. The molecule has 11 heteroatoms. The van der Waals surface area contributed by atoms with Gasteiger partial charge in [-0.05, 0) is 67.9 Å². The van der Waals surface area contributed by atoms with E-state index >= 15 is 4.39 Å². The zero-order chi connectivity index (χ0) is 30.9. The van der Waals surface area contributed by atoms with Crippen LogP contribution in [-0.2, 0) is 9.59 Å². The number of ether oxygens (including phenoxy) is 2. The first-order valence-corrected chi connectivity index (χ1v) is 15.4. The number of aliphatic imine (C=N–C) groups is 1. The molecule has 1 aliphatic carbocycles. The van der Waals surface area contributed by atoms with Crippen LogP contribution in [0.25, 0.3) is 0 Å². The van der Waals surface area contributed by atoms with Gasteiger partial charge in [-0.15, -0.1) is 0 Å². The number of benzodiazepines with no additional fused rings is 1. The molecule has 1 saturated carbocycles. The van der Waals surface area contributed by atoms with E-state index in [1.165, 1.54) is 11.0 Å². The Labute approximate surface area is 260 Å². The average Bonchev–Trinajstić information content (AvgIpc) is 3.44. The second-order valence-corrected chi connectivity index (χ2v) is 11.9. The lowest BCUT2D eigenvalue weighted by Gasteiger charge is -2.29. The maximum absolute atomic E-state index is 15.2. The molecule has 2 bridgehead atoms. The lowest BCUT2D eigenvalue weighted by molar-refractivity contribution is -0.132. The van der Waals surface area contributed by atoms with Gasteiger partial charge in [-0.1, -0.05) is 30.3 Å². The van der Waals surface area contributed by atoms with Gasteiger partial charge in [0, 0.05) is 36.0 Å². The molecule has 1 atom stereocenters. The fraction of sp³-hybridized carbons (Fsp3) is 0.353. The number of halogens is 1. The Hall–Kier alpha value is -4.93. The molecule has 0 aromatic heterocycles. The fourth-order valence-electron chi connectivity index (χ4n) is 6.70. The molecule has 3 fully saturated rings. The molecule has 5 aliphatic rings. The number of para-hydroxylation sites is 1. The second-order valence-electron chi connectivity index (χ2n) is 11.9. The highest BCUT2D eigenvalue weighted by atomic mass is 19.1. The van der Waals surface area contributed by atoms with Crippen molar-refractivity contribution in [2.45, 2.75) is 31.8 Å². The Kier molecular flexibility index (Phi) is 7.83. The number of hydrogen-bond acceptors (Lipinski definition) is 6. The molecule has 232 valence electrons. The van der Waals surface area contributed by atoms with E-state index in [1.54, 1.807) is 60.7 Å². The third kappa shape index (κ3) is 5.94. The summed E-state index contributed by atoms with van der Waals surface area (Å²) in [5, 5.41) is 5.38. The third-order valence-corrected chi connectivity index (χ3v) is 8.97. The molecule has 4 heterocycles. The number of benzene rings is 3. The molecule has 0 spiro atoms. The van der Waals surface area contributed by atoms with Crippen LogP contribution < -0.4 is 25.0 Å². The van der Waals surface area contributed by atoms with E-state index in [9.17, 15) is 14.4 Å². The van der Waals surface area contributed by atoms with Crippen LogP contribution in [0.4, 0.5) is 20.6 Å². The molecule has 2 saturated heterocycles. The predicted molar refractivity (Wildman–Crippen MR) is 166 cm³/mol. The summed E-state index contributed by atoms with van der Waals surface area (Å²) in [5.41, 5.74) is 1.70. The number of carbonyl (C=O) groups excluding carboxylic acids is 3. The zero-order valence-corrected chi connectivity index (χ0v) is 24.7. The average molecular weight is 612 g/mol. The van der Waals surface area contributed by atoms with Crippen LogP contribution >= 0.6 is 0 Å². The lowest BCUT2D eigenvalue weighted by Crippen LogP contribution is -2.51. The van der Waals surface area contributed by atoms with Gasteiger partial charge < -0.3 is 25.0 Å². The van der Waals surface area contributed by atoms with Gasteiger partial charge in [-0.3, -0.25) is 14.5 Å². The normalized spacial score (nSPS) is 22.1. The number of amides is 4. The van der Waals surface area contributed by atoms with Crippen molar-refractivity contribution in [3.05, 3.63) is 83.7 Å². The van der Waals surface area contributed by atoms with Crippen LogP contribution in [0.5, 0.6) is 11.5 Å². The maximum atomic E-state index is 15.2. The highest BCUT2D eigenvalue weighted by molar-refractivity contribution is 6.21. The minimum Gasteiger partial charge on any atom is -0.486 e. The third-order valence-electron chi connectivity index (χ3n) is 8.97. The van der Waals surface area contributed by atoms with Crippen molar-refractivity contribution in [3.63, 3.8) is 0 Å². The van der Waals surface area contributed by atoms with E-state index in [0.717, 1.165) is 25.7 Å². The first-order chi connectivity index (χ1) is 21.9. The van der Waals surface area contributed by atoms with Gasteiger partial charge in [-0.25, -0.2) is 14.2 Å². The highest BCUT2D eigenvalue weighted by Crippen LogP contribution is 2.35. The highest BCUT2D eigenvalue weighted by Gasteiger charge is 2.37. The Balaban J connectivity index is 1.21. The van der Waals surface area contributed by atoms with Crippen LogP contribution in [0.15, 0.2) is 71.7 Å². The van der Waals surface area contributed by atoms with Gasteiger partial charge >= 0.3 is 6.03 Å². The van der Waals surface area contributed by atoms with Crippen molar-refractivity contribution in [3.8, 4) is 11.5 Å². The summed E-state index contributed by atoms with van der Waals surface area (Å²) in [6.45, 7) is 1.95. The van der Waals surface area contributed by atoms with E-state index in [4.69, 9.17) is 9.47 Å². The molecule has 2 N–H and O–H groups in total. The summed E-state index contributed by atoms with van der Waals surface area (Å²) < 4.78 is 26.4. The minimum atomic E-state index is -1.45. The number of nitrogens with one attached hydrogen (secondary N) is 2. The van der Waals surface area contributed by atoms with E-state index in [-0.39, 0.29) is 23.7 Å². The van der Waals surface area contributed by atoms with Crippen LogP contribution in [0.2, 0.25) is 0 Å². The smallest absolute Gasteiger partial charge is 0.321 e. The van der Waals surface area contributed by atoms with E-state index in [0.29, 0.717) is 66.6 Å². The summed E-state index contributed by atoms with van der Waals surface area (Å²) in [6.07, 6.45) is 3.01. The number of carbonyl (C=O) groups is 3. The summed E-state index contributed by atoms with van der Waals surface area (Å²) in [4.78, 5) is 49.3. The molecule has 3 aromatic carbocycles. The van der Waals surface area contributed by atoms with Gasteiger partial charge in [0.1, 0.15) is 25.6 Å². The molecule has 10 nitrogen and oxygen atoms in total. The monoisotopic (exact) mass is 611 g/mol. The quantitative estimate of drug-likeness (QED) is 0.439. The number of nitrogens with zero attached hydrogens (tertiary/aromatic N) is 3. The molecule has 8 rings (SSSR count). The summed E-state index contributed by atoms with van der Waals surface area (Å²) in [5.74, 6) is 0.710. The Morgan fingerprint density at radius 2 is 1.53 bits per heavy atom. The Morgan fingerprint density at radius 1 is 0.867 bits per heavy atom. The number of hydrogen-bond donors (Lipinski definition) is 2. The van der Waals surface area contributed by atoms with Crippen LogP contribution in [0.1, 0.15) is 36.8 Å². The molecular weight excluding hydrogens is 577 g/mol. The van der Waals surface area contributed by atoms with Crippen LogP contribution in [0, 0.1) is 17.7 Å². The van der Waals surface area contributed by atoms with Crippen LogP contribution in [-0.4, -0.2) is 67.5 Å². The molecular formula is C34H34FN5O5. The molecule has 3 aromatic rings. The second kappa shape index (κ2) is 12.2. The van der Waals surface area contributed by atoms with E-state index < -0.39 is 23.9 Å². The summed E-state index contributed by atoms with van der Waals surface area (Å²) in [7, 11) is 0. The molecule has 4 amide bonds. The molecule has 4 aliphatic heterocycles. The van der Waals surface area contributed by atoms with Crippen molar-refractivity contribution >= 4 is 34.9 Å². The predicted octanol–water partition coefficient (Wildman–Crippen LogP) is 4.58. The van der Waals surface area contributed by atoms with Gasteiger partial charge in [0.2, 0.25) is 12.1 Å². The number of anilines is 2. The first kappa shape index (κ1) is 28.8. The van der Waals surface area contributed by atoms with Crippen molar-refractivity contribution in [1.82, 2.24) is 10.2 Å². The number of urea groups is 1. The van der Waals surface area contributed by atoms with E-state index in [2.05, 4.69) is 15.6 Å². The number of fused-ring (bicyclic) bond motifs is 6. The van der Waals surface area contributed by atoms with Gasteiger partial charge in [0.15, 0.2) is 11.5 Å². The van der Waals surface area contributed by atoms with Crippen LogP contribution in [0.3, 0.4) is 0 Å². The summed E-state index contributed by atoms with van der Waals surface area (Å²) in [6, 6.07) is 17.4. The Morgan fingerprint density at radius 3 is 2.27 bits per heavy atom. The SMILES string of the molecule is O=C(Nc1ccc2c(c1)OCCO2)NC1N=C(c2ccccc2F)c2ccccc2N(CC(=O)N2CC3CCC(CC3)C2)C1=O. The van der Waals surface area contributed by atoms with Crippen molar-refractivity contribution < 1.29 is 28.2 Å². The van der Waals surface area contributed by atoms with E-state index in [1.807, 2.05) is 4.90 Å². The Bertz CT molecular complexity index is 1660. The van der Waals surface area contributed by atoms with Gasteiger partial charge in [0.25, 0.3) is 5.91 Å². The minimum absolute atomic E-state index is 0.161. The lowest BCUT2D eigenvalue weighted by atomic mass is 9.84. The molecule has 1 unspecified atom stereocenters.